The molecule has 44 heavy (non-hydrogen) atoms. The second-order valence-electron chi connectivity index (χ2n) is 13.4. The topological polar surface area (TPSA) is 49.8 Å². The van der Waals surface area contributed by atoms with E-state index < -0.39 is 24.7 Å². The Kier molecular flexibility index (Phi) is 14.1. The average molecular weight is 683 g/mol. The SMILES string of the molecule is CC1(C)CC(C(=O)O)C(C)(C)N1OCCCCCCCCCCC[P+](c1ccccc1)(c1ccccc1)c1ccccc1.[Br-]. The molecule has 3 aromatic carbocycles. The van der Waals surface area contributed by atoms with Crippen molar-refractivity contribution in [3.05, 3.63) is 91.0 Å². The molecule has 1 heterocycles. The number of rotatable bonds is 17. The van der Waals surface area contributed by atoms with Crippen molar-refractivity contribution in [1.29, 1.82) is 0 Å². The van der Waals surface area contributed by atoms with Crippen molar-refractivity contribution in [3.8, 4) is 0 Å². The van der Waals surface area contributed by atoms with Gasteiger partial charge in [-0.05, 0) is 89.8 Å². The summed E-state index contributed by atoms with van der Waals surface area (Å²) < 4.78 is 0. The molecule has 1 aliphatic heterocycles. The summed E-state index contributed by atoms with van der Waals surface area (Å²) in [6, 6.07) is 33.7. The molecular formula is C38H53BrNO3P. The molecule has 1 unspecified atom stereocenters. The maximum absolute atomic E-state index is 11.7. The second kappa shape index (κ2) is 17.0. The summed E-state index contributed by atoms with van der Waals surface area (Å²) in [7, 11) is -1.71. The van der Waals surface area contributed by atoms with Gasteiger partial charge in [0.1, 0.15) is 23.2 Å². The zero-order chi connectivity index (χ0) is 30.8. The molecule has 1 N–H and O–H groups in total. The zero-order valence-electron chi connectivity index (χ0n) is 27.3. The largest absolute Gasteiger partial charge is 1.00 e. The van der Waals surface area contributed by atoms with E-state index in [2.05, 4.69) is 105 Å². The number of halogens is 1. The van der Waals surface area contributed by atoms with Crippen LogP contribution in [0.4, 0.5) is 0 Å². The lowest BCUT2D eigenvalue weighted by atomic mass is 9.87. The van der Waals surface area contributed by atoms with E-state index in [1.54, 1.807) is 0 Å². The Bertz CT molecular complexity index is 1160. The number of hydrogen-bond donors (Lipinski definition) is 1. The second-order valence-corrected chi connectivity index (χ2v) is 17.0. The lowest BCUT2D eigenvalue weighted by Gasteiger charge is -2.39. The van der Waals surface area contributed by atoms with E-state index in [0.29, 0.717) is 13.0 Å². The predicted octanol–water partition coefficient (Wildman–Crippen LogP) is 5.39. The van der Waals surface area contributed by atoms with Gasteiger partial charge in [-0.2, -0.15) is 5.06 Å². The van der Waals surface area contributed by atoms with Gasteiger partial charge in [0, 0.05) is 5.54 Å². The molecule has 1 saturated heterocycles. The van der Waals surface area contributed by atoms with E-state index >= 15 is 0 Å². The molecule has 6 heteroatoms. The number of aliphatic carboxylic acids is 1. The molecule has 0 aromatic heterocycles. The van der Waals surface area contributed by atoms with Crippen LogP contribution < -0.4 is 32.9 Å². The van der Waals surface area contributed by atoms with E-state index in [1.165, 1.54) is 67.0 Å². The van der Waals surface area contributed by atoms with Crippen LogP contribution in [0.5, 0.6) is 0 Å². The molecular weight excluding hydrogens is 629 g/mol. The molecule has 0 radical (unpaired) electrons. The third kappa shape index (κ3) is 8.81. The van der Waals surface area contributed by atoms with Gasteiger partial charge in [-0.15, -0.1) is 0 Å². The number of unbranched alkanes of at least 4 members (excludes halogenated alkanes) is 8. The normalized spacial score (nSPS) is 17.7. The highest BCUT2D eigenvalue weighted by atomic mass is 79.9. The third-order valence-electron chi connectivity index (χ3n) is 9.38. The van der Waals surface area contributed by atoms with E-state index in [1.807, 2.05) is 18.9 Å². The Balaban J connectivity index is 0.00000529. The molecule has 0 amide bonds. The summed E-state index contributed by atoms with van der Waals surface area (Å²) in [5, 5.41) is 16.1. The Labute approximate surface area is 277 Å². The Morgan fingerprint density at radius 2 is 1.09 bits per heavy atom. The fourth-order valence-electron chi connectivity index (χ4n) is 7.21. The van der Waals surface area contributed by atoms with Crippen molar-refractivity contribution < 1.29 is 31.7 Å². The molecule has 240 valence electrons. The number of carboxylic acid groups (broad SMARTS) is 1. The lowest BCUT2D eigenvalue weighted by molar-refractivity contribution is -0.244. The van der Waals surface area contributed by atoms with Crippen LogP contribution in [0.3, 0.4) is 0 Å². The summed E-state index contributed by atoms with van der Waals surface area (Å²) in [5.74, 6) is -1.13. The fourth-order valence-corrected chi connectivity index (χ4v) is 11.6. The summed E-state index contributed by atoms with van der Waals surface area (Å²) >= 11 is 0. The molecule has 4 nitrogen and oxygen atoms in total. The standard InChI is InChI=1S/C38H52NO3P.BrH/c1-37(2)31-35(36(40)41)38(3,4)39(37)42-29-21-10-8-6-5-7-9-11-22-30-43(32-23-15-12-16-24-32,33-25-17-13-18-26-33)34-27-19-14-20-28-34;/h12-20,23-28,35H,5-11,21-22,29-31H2,1-4H3;1H. The van der Waals surface area contributed by atoms with Gasteiger partial charge in [0.05, 0.1) is 24.2 Å². The minimum absolute atomic E-state index is 0. The number of carbonyl (C=O) groups is 1. The third-order valence-corrected chi connectivity index (χ3v) is 13.9. The molecule has 4 rings (SSSR count). The van der Waals surface area contributed by atoms with Crippen LogP contribution in [-0.4, -0.2) is 40.0 Å². The van der Waals surface area contributed by atoms with Crippen LogP contribution in [0.15, 0.2) is 91.0 Å². The molecule has 0 saturated carbocycles. The number of nitrogens with zero attached hydrogens (tertiary/aromatic N) is 1. The first-order valence-electron chi connectivity index (χ1n) is 16.4. The van der Waals surface area contributed by atoms with E-state index in [0.717, 1.165) is 12.8 Å². The van der Waals surface area contributed by atoms with Crippen LogP contribution in [0.1, 0.15) is 91.9 Å². The van der Waals surface area contributed by atoms with Gasteiger partial charge in [-0.3, -0.25) is 9.63 Å². The van der Waals surface area contributed by atoms with Crippen molar-refractivity contribution in [3.63, 3.8) is 0 Å². The molecule has 1 fully saturated rings. The molecule has 3 aromatic rings. The van der Waals surface area contributed by atoms with Crippen molar-refractivity contribution in [2.24, 2.45) is 5.92 Å². The van der Waals surface area contributed by atoms with Crippen molar-refractivity contribution in [2.45, 2.75) is 103 Å². The highest BCUT2D eigenvalue weighted by Crippen LogP contribution is 2.56. The number of hydrogen-bond acceptors (Lipinski definition) is 3. The van der Waals surface area contributed by atoms with Gasteiger partial charge < -0.3 is 22.1 Å². The predicted molar refractivity (Wildman–Crippen MR) is 183 cm³/mol. The van der Waals surface area contributed by atoms with Gasteiger partial charge in [-0.1, -0.05) is 93.1 Å². The van der Waals surface area contributed by atoms with Gasteiger partial charge >= 0.3 is 5.97 Å². The summed E-state index contributed by atoms with van der Waals surface area (Å²) in [4.78, 5) is 17.9. The lowest BCUT2D eigenvalue weighted by Crippen LogP contribution is -3.00. The van der Waals surface area contributed by atoms with Gasteiger partial charge in [0.25, 0.3) is 0 Å². The van der Waals surface area contributed by atoms with Crippen molar-refractivity contribution in [2.75, 3.05) is 12.8 Å². The Morgan fingerprint density at radius 3 is 1.48 bits per heavy atom. The van der Waals surface area contributed by atoms with E-state index in [4.69, 9.17) is 4.84 Å². The van der Waals surface area contributed by atoms with Gasteiger partial charge in [0.15, 0.2) is 0 Å². The van der Waals surface area contributed by atoms with Crippen molar-refractivity contribution >= 4 is 29.1 Å². The smallest absolute Gasteiger partial charge is 0.308 e. The average Bonchev–Trinajstić information content (AvgIpc) is 3.20. The summed E-state index contributed by atoms with van der Waals surface area (Å²) in [6.07, 6.45) is 12.9. The highest BCUT2D eigenvalue weighted by molar-refractivity contribution is 7.95. The minimum atomic E-state index is -1.71. The Hall–Kier alpha value is -2.04. The molecule has 0 spiro atoms. The van der Waals surface area contributed by atoms with Gasteiger partial charge in [-0.25, -0.2) is 0 Å². The quantitative estimate of drug-likeness (QED) is 0.153. The first kappa shape index (κ1) is 36.4. The Morgan fingerprint density at radius 1 is 0.705 bits per heavy atom. The maximum Gasteiger partial charge on any atom is 0.308 e. The van der Waals surface area contributed by atoms with E-state index in [-0.39, 0.29) is 22.5 Å². The van der Waals surface area contributed by atoms with E-state index in [9.17, 15) is 9.90 Å². The van der Waals surface area contributed by atoms with Crippen LogP contribution in [-0.2, 0) is 9.63 Å². The van der Waals surface area contributed by atoms with Crippen LogP contribution in [0.25, 0.3) is 0 Å². The first-order chi connectivity index (χ1) is 20.7. The monoisotopic (exact) mass is 681 g/mol. The maximum atomic E-state index is 11.7. The number of hydroxylamine groups is 2. The summed E-state index contributed by atoms with van der Waals surface area (Å²) in [6.45, 7) is 8.82. The summed E-state index contributed by atoms with van der Waals surface area (Å²) in [5.41, 5.74) is -0.766. The molecule has 0 aliphatic carbocycles. The van der Waals surface area contributed by atoms with Crippen LogP contribution in [0.2, 0.25) is 0 Å². The molecule has 1 atom stereocenters. The van der Waals surface area contributed by atoms with Crippen LogP contribution in [0, 0.1) is 5.92 Å². The minimum Gasteiger partial charge on any atom is -1.00 e. The highest BCUT2D eigenvalue weighted by Gasteiger charge is 2.55. The number of carboxylic acids is 1. The molecule has 0 bridgehead atoms. The van der Waals surface area contributed by atoms with Gasteiger partial charge in [0.2, 0.25) is 0 Å². The number of benzene rings is 3. The fraction of sp³-hybridized carbons (Fsp3) is 0.500. The molecule has 1 aliphatic rings. The zero-order valence-corrected chi connectivity index (χ0v) is 29.7. The van der Waals surface area contributed by atoms with Crippen molar-refractivity contribution in [1.82, 2.24) is 5.06 Å². The van der Waals surface area contributed by atoms with Crippen LogP contribution >= 0.6 is 7.26 Å². The first-order valence-corrected chi connectivity index (χ1v) is 18.4.